The Kier molecular flexibility index (Phi) is 14.0. The fourth-order valence-electron chi connectivity index (χ4n) is 3.51. The molecular weight excluding hydrogens is 467 g/mol. The molecular formula is C27H40IO-. The van der Waals surface area contributed by atoms with E-state index in [0.29, 0.717) is 0 Å². The minimum atomic E-state index is -0.0740. The Balaban J connectivity index is 1.41. The summed E-state index contributed by atoms with van der Waals surface area (Å²) < 4.78 is 8.84. The molecule has 0 aromatic heterocycles. The van der Waals surface area contributed by atoms with E-state index in [1.165, 1.54) is 90.6 Å². The Bertz CT molecular complexity index is 608. The number of hydrogen-bond acceptors (Lipinski definition) is 1. The third-order valence-electron chi connectivity index (χ3n) is 5.28. The van der Waals surface area contributed by atoms with Crippen molar-refractivity contribution in [2.45, 2.75) is 90.4 Å². The zero-order valence-corrected chi connectivity index (χ0v) is 20.5. The number of ether oxygens (including phenoxy) is 1. The van der Waals surface area contributed by atoms with Gasteiger partial charge in [-0.15, -0.1) is 0 Å². The van der Waals surface area contributed by atoms with Crippen molar-refractivity contribution in [1.29, 1.82) is 0 Å². The molecule has 0 amide bonds. The molecule has 0 aliphatic heterocycles. The molecule has 0 bridgehead atoms. The molecule has 2 heteroatoms. The van der Waals surface area contributed by atoms with Crippen molar-refractivity contribution >= 4 is 0 Å². The molecule has 2 aromatic rings. The third kappa shape index (κ3) is 12.3. The van der Waals surface area contributed by atoms with E-state index >= 15 is 0 Å². The first-order valence-corrected chi connectivity index (χ1v) is 14.0. The average Bonchev–Trinajstić information content (AvgIpc) is 2.76. The van der Waals surface area contributed by atoms with Gasteiger partial charge in [-0.2, -0.15) is 0 Å². The van der Waals surface area contributed by atoms with Crippen LogP contribution in [0.15, 0.2) is 54.6 Å². The number of benzene rings is 2. The van der Waals surface area contributed by atoms with Gasteiger partial charge in [-0.3, -0.25) is 0 Å². The molecule has 0 atom stereocenters. The summed E-state index contributed by atoms with van der Waals surface area (Å²) in [5, 5.41) is 0. The monoisotopic (exact) mass is 507 g/mol. The molecule has 0 saturated carbocycles. The van der Waals surface area contributed by atoms with E-state index in [1.54, 1.807) is 0 Å². The van der Waals surface area contributed by atoms with Gasteiger partial charge in [0.15, 0.2) is 0 Å². The van der Waals surface area contributed by atoms with Gasteiger partial charge in [0.05, 0.1) is 0 Å². The molecule has 0 aliphatic rings. The fraction of sp³-hybridized carbons (Fsp3) is 0.556. The second-order valence-corrected chi connectivity index (χ2v) is 11.0. The van der Waals surface area contributed by atoms with Crippen molar-refractivity contribution in [3.63, 3.8) is 0 Å². The summed E-state index contributed by atoms with van der Waals surface area (Å²) >= 11 is -0.0740. The molecule has 1 nitrogen and oxygen atoms in total. The van der Waals surface area contributed by atoms with Gasteiger partial charge in [0.1, 0.15) is 0 Å². The predicted molar refractivity (Wildman–Crippen MR) is 121 cm³/mol. The van der Waals surface area contributed by atoms with Gasteiger partial charge >= 0.3 is 139 Å². The Morgan fingerprint density at radius 1 is 0.552 bits per heavy atom. The van der Waals surface area contributed by atoms with Gasteiger partial charge in [-0.25, -0.2) is 0 Å². The van der Waals surface area contributed by atoms with E-state index in [2.05, 4.69) is 61.5 Å². The summed E-state index contributed by atoms with van der Waals surface area (Å²) in [6, 6.07) is 19.5. The van der Waals surface area contributed by atoms with Crippen LogP contribution in [0.5, 0.6) is 5.75 Å². The maximum absolute atomic E-state index is 5.92. The molecule has 2 aromatic carbocycles. The van der Waals surface area contributed by atoms with Crippen LogP contribution in [0.4, 0.5) is 0 Å². The van der Waals surface area contributed by atoms with E-state index in [9.17, 15) is 0 Å². The number of unbranched alkanes of at least 4 members (excludes halogenated alkanes) is 12. The zero-order chi connectivity index (χ0) is 20.4. The zero-order valence-electron chi connectivity index (χ0n) is 18.4. The molecule has 0 N–H and O–H groups in total. The molecule has 0 saturated heterocycles. The quantitative estimate of drug-likeness (QED) is 0.209. The van der Waals surface area contributed by atoms with E-state index in [0.717, 1.165) is 12.4 Å². The van der Waals surface area contributed by atoms with Gasteiger partial charge in [0.25, 0.3) is 0 Å². The fourth-order valence-corrected chi connectivity index (χ4v) is 5.72. The van der Waals surface area contributed by atoms with Crippen LogP contribution in [-0.4, -0.2) is 6.61 Å². The van der Waals surface area contributed by atoms with Crippen molar-refractivity contribution in [1.82, 2.24) is 0 Å². The average molecular weight is 508 g/mol. The SMILES string of the molecule is CCCCCCCCCCCCCCCOc1ccc([I-]c2ccccc2)cc1. The molecule has 162 valence electrons. The molecule has 0 aliphatic carbocycles. The standard InChI is InChI=1S/C27H40IO/c1-2-3-4-5-6-7-8-9-10-11-12-13-17-24-29-27-22-20-26(21-23-27)28-25-18-15-14-16-19-25/h14-16,18-23H,2-13,17,24H2,1H3/q-1. The topological polar surface area (TPSA) is 9.23 Å². The van der Waals surface area contributed by atoms with Crippen LogP contribution in [0.3, 0.4) is 0 Å². The van der Waals surface area contributed by atoms with Gasteiger partial charge in [0.2, 0.25) is 0 Å². The first-order chi connectivity index (χ1) is 14.4. The Morgan fingerprint density at radius 2 is 1.03 bits per heavy atom. The van der Waals surface area contributed by atoms with Crippen LogP contribution in [-0.2, 0) is 0 Å². The van der Waals surface area contributed by atoms with Gasteiger partial charge in [0, 0.05) is 0 Å². The second kappa shape index (κ2) is 16.7. The van der Waals surface area contributed by atoms with Crippen molar-refractivity contribution in [2.24, 2.45) is 0 Å². The van der Waals surface area contributed by atoms with Crippen LogP contribution >= 0.6 is 0 Å². The molecule has 2 rings (SSSR count). The Hall–Kier alpha value is -1.03. The van der Waals surface area contributed by atoms with Crippen LogP contribution in [0.25, 0.3) is 0 Å². The maximum atomic E-state index is 5.92. The summed E-state index contributed by atoms with van der Waals surface area (Å²) in [7, 11) is 0. The van der Waals surface area contributed by atoms with Gasteiger partial charge in [-0.05, 0) is 0 Å². The van der Waals surface area contributed by atoms with E-state index in [4.69, 9.17) is 4.74 Å². The van der Waals surface area contributed by atoms with Crippen LogP contribution in [0.1, 0.15) is 90.4 Å². The first-order valence-electron chi connectivity index (χ1n) is 11.8. The number of rotatable bonds is 17. The Labute approximate surface area is 189 Å². The van der Waals surface area contributed by atoms with E-state index < -0.39 is 0 Å². The van der Waals surface area contributed by atoms with Crippen LogP contribution in [0, 0.1) is 7.14 Å². The first kappa shape index (κ1) is 24.2. The summed E-state index contributed by atoms with van der Waals surface area (Å²) in [5.74, 6) is 1.02. The molecule has 0 spiro atoms. The Morgan fingerprint density at radius 3 is 1.59 bits per heavy atom. The molecule has 0 radical (unpaired) electrons. The van der Waals surface area contributed by atoms with Gasteiger partial charge < -0.3 is 0 Å². The van der Waals surface area contributed by atoms with E-state index in [1.807, 2.05) is 0 Å². The minimum absolute atomic E-state index is 0.0740. The summed E-state index contributed by atoms with van der Waals surface area (Å²) in [5.41, 5.74) is 0. The summed E-state index contributed by atoms with van der Waals surface area (Å²) in [6.07, 6.45) is 18.1. The van der Waals surface area contributed by atoms with Crippen LogP contribution in [0.2, 0.25) is 0 Å². The molecule has 29 heavy (non-hydrogen) atoms. The third-order valence-corrected chi connectivity index (χ3v) is 7.97. The van der Waals surface area contributed by atoms with E-state index in [-0.39, 0.29) is 21.2 Å². The summed E-state index contributed by atoms with van der Waals surface area (Å²) in [6.45, 7) is 3.14. The van der Waals surface area contributed by atoms with Crippen molar-refractivity contribution in [2.75, 3.05) is 6.61 Å². The second-order valence-electron chi connectivity index (χ2n) is 7.94. The predicted octanol–water partition coefficient (Wildman–Crippen LogP) is 5.29. The molecule has 0 unspecified atom stereocenters. The number of hydrogen-bond donors (Lipinski definition) is 0. The molecule has 0 fully saturated rings. The van der Waals surface area contributed by atoms with Crippen LogP contribution < -0.4 is 25.9 Å². The van der Waals surface area contributed by atoms with Gasteiger partial charge in [-0.1, -0.05) is 51.9 Å². The van der Waals surface area contributed by atoms with Crippen molar-refractivity contribution in [3.05, 3.63) is 61.7 Å². The van der Waals surface area contributed by atoms with Crippen molar-refractivity contribution < 1.29 is 25.9 Å². The summed E-state index contributed by atoms with van der Waals surface area (Å²) in [4.78, 5) is 0. The number of halogens is 1. The molecule has 0 heterocycles. The van der Waals surface area contributed by atoms with Crippen molar-refractivity contribution in [3.8, 4) is 5.75 Å². The normalized spacial score (nSPS) is 11.1.